The lowest BCUT2D eigenvalue weighted by Crippen LogP contribution is -2.30. The Morgan fingerprint density at radius 3 is 2.70 bits per heavy atom. The van der Waals surface area contributed by atoms with E-state index >= 15 is 0 Å². The van der Waals surface area contributed by atoms with Crippen molar-refractivity contribution in [2.45, 2.75) is 38.2 Å². The number of halogens is 1. The highest BCUT2D eigenvalue weighted by molar-refractivity contribution is 7.97. The third kappa shape index (κ3) is 4.57. The lowest BCUT2D eigenvalue weighted by Gasteiger charge is -2.23. The molecule has 0 atom stereocenters. The van der Waals surface area contributed by atoms with E-state index in [0.717, 1.165) is 32.6 Å². The predicted molar refractivity (Wildman–Crippen MR) is 111 cm³/mol. The van der Waals surface area contributed by atoms with Gasteiger partial charge in [0, 0.05) is 57.1 Å². The summed E-state index contributed by atoms with van der Waals surface area (Å²) in [7, 11) is 1.68. The Hall–Kier alpha value is -2.18. The van der Waals surface area contributed by atoms with Gasteiger partial charge in [0.2, 0.25) is 0 Å². The monoisotopic (exact) mass is 403 g/mol. The van der Waals surface area contributed by atoms with Crippen LogP contribution in [0.4, 0.5) is 4.79 Å². The number of rotatable bonds is 3. The zero-order valence-corrected chi connectivity index (χ0v) is 17.5. The van der Waals surface area contributed by atoms with E-state index in [2.05, 4.69) is 9.97 Å². The summed E-state index contributed by atoms with van der Waals surface area (Å²) in [5.74, 6) is 0. The van der Waals surface area contributed by atoms with Gasteiger partial charge in [0.15, 0.2) is 0 Å². The summed E-state index contributed by atoms with van der Waals surface area (Å²) in [4.78, 5) is 20.8. The number of H-pyrrole nitrogens is 1. The smallest absolute Gasteiger partial charge is 0.420 e. The molecule has 142 valence electrons. The number of hydrogen-bond acceptors (Lipinski definition) is 4. The number of carbonyl (C=O) groups excluding carboxylic acids is 1. The van der Waals surface area contributed by atoms with Gasteiger partial charge in [-0.1, -0.05) is 11.6 Å². The number of amides is 1. The van der Waals surface area contributed by atoms with Gasteiger partial charge in [0.05, 0.1) is 0 Å². The number of carbonyl (C=O) groups is 1. The first-order chi connectivity index (χ1) is 12.6. The highest BCUT2D eigenvalue weighted by atomic mass is 35.5. The Balaban J connectivity index is 1.90. The van der Waals surface area contributed by atoms with Crippen molar-refractivity contribution >= 4 is 40.5 Å². The van der Waals surface area contributed by atoms with Crippen LogP contribution in [-0.4, -0.2) is 33.0 Å². The summed E-state index contributed by atoms with van der Waals surface area (Å²) in [5, 5.41) is 1.73. The largest absolute Gasteiger partial charge is 0.443 e. The number of aryl methyl sites for hydroxylation is 1. The number of nitrogens with zero attached hydrogens (tertiary/aromatic N) is 2. The van der Waals surface area contributed by atoms with Crippen LogP contribution in [0.3, 0.4) is 0 Å². The van der Waals surface area contributed by atoms with Crippen molar-refractivity contribution in [3.63, 3.8) is 0 Å². The molecule has 1 amide bonds. The van der Waals surface area contributed by atoms with Crippen molar-refractivity contribution in [3.8, 4) is 11.1 Å². The van der Waals surface area contributed by atoms with Crippen LogP contribution >= 0.6 is 23.5 Å². The van der Waals surface area contributed by atoms with Gasteiger partial charge in [-0.25, -0.2) is 4.79 Å². The molecule has 1 N–H and O–H groups in total. The second-order valence-corrected chi connectivity index (χ2v) is 8.93. The number of pyridine rings is 1. The molecule has 0 saturated heterocycles. The first-order valence-electron chi connectivity index (χ1n) is 8.52. The molecular weight excluding hydrogens is 382 g/mol. The van der Waals surface area contributed by atoms with Gasteiger partial charge in [-0.15, -0.1) is 0 Å². The van der Waals surface area contributed by atoms with E-state index in [1.54, 1.807) is 13.2 Å². The molecule has 0 unspecified atom stereocenters. The molecule has 0 radical (unpaired) electrons. The van der Waals surface area contributed by atoms with Gasteiger partial charge < -0.3 is 9.72 Å². The highest BCUT2D eigenvalue weighted by Crippen LogP contribution is 2.35. The van der Waals surface area contributed by atoms with E-state index in [0.29, 0.717) is 5.02 Å². The van der Waals surface area contributed by atoms with Crippen LogP contribution in [0.5, 0.6) is 0 Å². The van der Waals surface area contributed by atoms with E-state index in [4.69, 9.17) is 16.3 Å². The zero-order valence-electron chi connectivity index (χ0n) is 16.0. The van der Waals surface area contributed by atoms with Crippen molar-refractivity contribution in [2.75, 3.05) is 7.05 Å². The fourth-order valence-corrected chi connectivity index (χ4v) is 3.69. The summed E-state index contributed by atoms with van der Waals surface area (Å²) < 4.78 is 6.85. The molecule has 0 aliphatic carbocycles. The fraction of sp³-hybridized carbons (Fsp3) is 0.300. The second-order valence-electron chi connectivity index (χ2n) is 7.29. The van der Waals surface area contributed by atoms with Gasteiger partial charge in [-0.05, 0) is 63.9 Å². The van der Waals surface area contributed by atoms with Crippen molar-refractivity contribution in [2.24, 2.45) is 0 Å². The minimum absolute atomic E-state index is 0.395. The maximum absolute atomic E-state index is 12.2. The Morgan fingerprint density at radius 2 is 2.00 bits per heavy atom. The third-order valence-electron chi connectivity index (χ3n) is 3.84. The van der Waals surface area contributed by atoms with Crippen molar-refractivity contribution in [1.29, 1.82) is 0 Å². The molecule has 3 rings (SSSR count). The van der Waals surface area contributed by atoms with E-state index in [9.17, 15) is 4.79 Å². The average molecular weight is 404 g/mol. The van der Waals surface area contributed by atoms with E-state index in [1.165, 1.54) is 16.3 Å². The third-order valence-corrected chi connectivity index (χ3v) is 4.94. The Labute approximate surface area is 168 Å². The molecule has 2 aromatic heterocycles. The molecular formula is C20H22ClN3O2S. The number of hydrogen-bond donors (Lipinski definition) is 1. The minimum Gasteiger partial charge on any atom is -0.443 e. The van der Waals surface area contributed by atoms with E-state index in [-0.39, 0.29) is 0 Å². The Bertz CT molecular complexity index is 995. The topological polar surface area (TPSA) is 58.2 Å². The van der Waals surface area contributed by atoms with Crippen molar-refractivity contribution in [3.05, 3.63) is 47.4 Å². The Kier molecular flexibility index (Phi) is 5.40. The summed E-state index contributed by atoms with van der Waals surface area (Å²) in [6, 6.07) is 7.79. The van der Waals surface area contributed by atoms with Crippen molar-refractivity contribution in [1.82, 2.24) is 14.3 Å². The standard InChI is InChI=1S/C20H22ClN3O2S/c1-12-18(16-9-14(21)6-7-17(16)23-12)13-8-15(11-22-10-13)27-24(5)19(25)26-20(2,3)4/h6-11,23H,1-5H3. The van der Waals surface area contributed by atoms with Crippen LogP contribution in [0.25, 0.3) is 22.0 Å². The fourth-order valence-electron chi connectivity index (χ4n) is 2.80. The molecule has 0 aliphatic heterocycles. The number of fused-ring (bicyclic) bond motifs is 1. The Morgan fingerprint density at radius 1 is 1.26 bits per heavy atom. The predicted octanol–water partition coefficient (Wildman–Crippen LogP) is 6.07. The zero-order chi connectivity index (χ0) is 19.8. The number of ether oxygens (including phenoxy) is 1. The molecule has 0 saturated carbocycles. The molecule has 3 aromatic rings. The van der Waals surface area contributed by atoms with Crippen LogP contribution in [0, 0.1) is 6.92 Å². The van der Waals surface area contributed by atoms with Gasteiger partial charge in [0.25, 0.3) is 0 Å². The van der Waals surface area contributed by atoms with Crippen LogP contribution in [0.2, 0.25) is 5.02 Å². The average Bonchev–Trinajstić information content (AvgIpc) is 2.88. The number of aromatic amines is 1. The lowest BCUT2D eigenvalue weighted by atomic mass is 10.0. The molecule has 27 heavy (non-hydrogen) atoms. The summed E-state index contributed by atoms with van der Waals surface area (Å²) >= 11 is 7.46. The van der Waals surface area contributed by atoms with Crippen LogP contribution in [0.15, 0.2) is 41.6 Å². The molecule has 7 heteroatoms. The normalized spacial score (nSPS) is 11.6. The maximum atomic E-state index is 12.2. The van der Waals surface area contributed by atoms with Gasteiger partial charge in [-0.3, -0.25) is 9.29 Å². The summed E-state index contributed by atoms with van der Waals surface area (Å²) in [5.41, 5.74) is 3.55. The highest BCUT2D eigenvalue weighted by Gasteiger charge is 2.21. The molecule has 0 fully saturated rings. The van der Waals surface area contributed by atoms with Crippen LogP contribution in [0.1, 0.15) is 26.5 Å². The molecule has 5 nitrogen and oxygen atoms in total. The molecule has 1 aromatic carbocycles. The van der Waals surface area contributed by atoms with Crippen LogP contribution < -0.4 is 0 Å². The molecule has 0 aliphatic rings. The second kappa shape index (κ2) is 7.44. The lowest BCUT2D eigenvalue weighted by molar-refractivity contribution is 0.0432. The number of benzene rings is 1. The quantitative estimate of drug-likeness (QED) is 0.539. The summed E-state index contributed by atoms with van der Waals surface area (Å²) in [6.07, 6.45) is 3.15. The molecule has 0 bridgehead atoms. The van der Waals surface area contributed by atoms with Gasteiger partial charge >= 0.3 is 6.09 Å². The number of aromatic nitrogens is 2. The van der Waals surface area contributed by atoms with Gasteiger partial charge in [0.1, 0.15) is 5.60 Å². The SMILES string of the molecule is Cc1[nH]c2ccc(Cl)cc2c1-c1cncc(SN(C)C(=O)OC(C)(C)C)c1. The first kappa shape index (κ1) is 19.6. The maximum Gasteiger partial charge on any atom is 0.420 e. The molecule has 0 spiro atoms. The first-order valence-corrected chi connectivity index (χ1v) is 9.67. The van der Waals surface area contributed by atoms with Gasteiger partial charge in [-0.2, -0.15) is 0 Å². The summed E-state index contributed by atoms with van der Waals surface area (Å²) in [6.45, 7) is 7.55. The number of nitrogens with one attached hydrogen (secondary N) is 1. The molecule has 2 heterocycles. The van der Waals surface area contributed by atoms with E-state index in [1.807, 2.05) is 58.2 Å². The van der Waals surface area contributed by atoms with E-state index < -0.39 is 11.7 Å². The van der Waals surface area contributed by atoms with Crippen molar-refractivity contribution < 1.29 is 9.53 Å². The minimum atomic E-state index is -0.535. The van der Waals surface area contributed by atoms with Crippen LogP contribution in [-0.2, 0) is 4.74 Å².